The molecule has 3 aromatic heterocycles. The number of anilines is 2. The van der Waals surface area contributed by atoms with E-state index in [2.05, 4.69) is 30.5 Å². The predicted octanol–water partition coefficient (Wildman–Crippen LogP) is 2.02. The summed E-state index contributed by atoms with van der Waals surface area (Å²) >= 11 is 0. The normalized spacial score (nSPS) is 19.6. The number of fused-ring (bicyclic) bond motifs is 4. The fourth-order valence-corrected chi connectivity index (χ4v) is 5.48. The smallest absolute Gasteiger partial charge is 0.268 e. The molecule has 2 aliphatic heterocycles. The van der Waals surface area contributed by atoms with Crippen molar-refractivity contribution in [2.75, 3.05) is 38.0 Å². The van der Waals surface area contributed by atoms with E-state index in [1.54, 1.807) is 24.5 Å². The summed E-state index contributed by atoms with van der Waals surface area (Å²) in [6.45, 7) is 3.66. The molecular formula is C24H28N8O2. The first-order valence-electron chi connectivity index (χ1n) is 12.0. The van der Waals surface area contributed by atoms with E-state index >= 15 is 0 Å². The Morgan fingerprint density at radius 2 is 1.88 bits per heavy atom. The van der Waals surface area contributed by atoms with E-state index in [4.69, 9.17) is 4.98 Å². The van der Waals surface area contributed by atoms with Gasteiger partial charge in [0.25, 0.3) is 11.8 Å². The van der Waals surface area contributed by atoms with Gasteiger partial charge in [-0.2, -0.15) is 4.98 Å². The van der Waals surface area contributed by atoms with Crippen LogP contribution in [0.3, 0.4) is 0 Å². The molecule has 10 nitrogen and oxygen atoms in total. The average Bonchev–Trinajstić information content (AvgIpc) is 3.28. The molecular weight excluding hydrogens is 432 g/mol. The van der Waals surface area contributed by atoms with Gasteiger partial charge in [-0.25, -0.2) is 9.97 Å². The number of nitrogens with one attached hydrogen (secondary N) is 3. The number of hydrogen-bond donors (Lipinski definition) is 3. The number of pyridine rings is 1. The first-order chi connectivity index (χ1) is 16.6. The van der Waals surface area contributed by atoms with Crippen molar-refractivity contribution < 1.29 is 9.59 Å². The van der Waals surface area contributed by atoms with Gasteiger partial charge in [-0.15, -0.1) is 0 Å². The molecule has 0 bridgehead atoms. The molecule has 176 valence electrons. The zero-order valence-electron chi connectivity index (χ0n) is 19.0. The SMILES string of the molecule is O=C1NCC2(CCCCC2)n2c1cc1cnc(Nc3ccc(C(=O)N4CCNCC4)cn3)nc12. The van der Waals surface area contributed by atoms with Crippen LogP contribution in [0.15, 0.2) is 30.6 Å². The van der Waals surface area contributed by atoms with Crippen molar-refractivity contribution in [3.63, 3.8) is 0 Å². The van der Waals surface area contributed by atoms with Gasteiger partial charge in [0, 0.05) is 50.5 Å². The minimum atomic E-state index is -0.126. The van der Waals surface area contributed by atoms with Crippen molar-refractivity contribution >= 4 is 34.6 Å². The molecule has 2 amide bonds. The minimum absolute atomic E-state index is 0.00547. The maximum absolute atomic E-state index is 12.7. The van der Waals surface area contributed by atoms with Crippen LogP contribution < -0.4 is 16.0 Å². The van der Waals surface area contributed by atoms with Gasteiger partial charge in [-0.1, -0.05) is 19.3 Å². The van der Waals surface area contributed by atoms with Gasteiger partial charge in [0.2, 0.25) is 5.95 Å². The van der Waals surface area contributed by atoms with E-state index in [0.29, 0.717) is 42.7 Å². The molecule has 2 fully saturated rings. The first kappa shape index (κ1) is 21.0. The molecule has 3 aliphatic rings. The Morgan fingerprint density at radius 3 is 2.65 bits per heavy atom. The van der Waals surface area contributed by atoms with Gasteiger partial charge in [0.05, 0.1) is 11.1 Å². The van der Waals surface area contributed by atoms with Crippen LogP contribution in [-0.2, 0) is 5.54 Å². The van der Waals surface area contributed by atoms with Crippen LogP contribution in [0.1, 0.15) is 53.0 Å². The Labute approximate surface area is 197 Å². The second-order valence-electron chi connectivity index (χ2n) is 9.40. The highest BCUT2D eigenvalue weighted by molar-refractivity contribution is 5.99. The fourth-order valence-electron chi connectivity index (χ4n) is 5.48. The maximum Gasteiger partial charge on any atom is 0.268 e. The van der Waals surface area contributed by atoms with Gasteiger partial charge < -0.3 is 25.4 Å². The van der Waals surface area contributed by atoms with E-state index in [0.717, 1.165) is 49.8 Å². The third kappa shape index (κ3) is 3.58. The number of nitrogens with zero attached hydrogens (tertiary/aromatic N) is 5. The lowest BCUT2D eigenvalue weighted by Crippen LogP contribution is -2.52. The number of amides is 2. The Bertz CT molecular complexity index is 1240. The molecule has 1 spiro atoms. The lowest BCUT2D eigenvalue weighted by Gasteiger charge is -2.42. The third-order valence-electron chi connectivity index (χ3n) is 7.26. The van der Waals surface area contributed by atoms with Crippen molar-refractivity contribution in [1.82, 2.24) is 35.1 Å². The van der Waals surface area contributed by atoms with E-state index in [9.17, 15) is 9.59 Å². The summed E-state index contributed by atoms with van der Waals surface area (Å²) in [5, 5.41) is 10.3. The maximum atomic E-state index is 12.7. The largest absolute Gasteiger partial charge is 0.348 e. The molecule has 1 aliphatic carbocycles. The zero-order chi connectivity index (χ0) is 23.1. The van der Waals surface area contributed by atoms with Crippen LogP contribution in [0.4, 0.5) is 11.8 Å². The molecule has 10 heteroatoms. The standard InChI is InChI=1S/C24H28N8O2/c33-21-18-12-17-14-27-23(30-20(17)32(18)24(15-28-21)6-2-1-3-7-24)29-19-5-4-16(13-26-19)22(34)31-10-8-25-9-11-31/h4-5,12-14,25H,1-3,6-11,15H2,(H,28,33)(H,26,27,29,30). The number of piperazine rings is 1. The highest BCUT2D eigenvalue weighted by Crippen LogP contribution is 2.40. The molecule has 0 atom stereocenters. The molecule has 0 unspecified atom stereocenters. The summed E-state index contributed by atoms with van der Waals surface area (Å²) < 4.78 is 2.15. The van der Waals surface area contributed by atoms with Crippen LogP contribution >= 0.6 is 0 Å². The topological polar surface area (TPSA) is 117 Å². The van der Waals surface area contributed by atoms with E-state index in [-0.39, 0.29) is 17.4 Å². The Kier molecular flexibility index (Phi) is 5.17. The van der Waals surface area contributed by atoms with Crippen molar-refractivity contribution in [2.45, 2.75) is 37.6 Å². The van der Waals surface area contributed by atoms with Crippen molar-refractivity contribution in [3.05, 3.63) is 41.9 Å². The summed E-state index contributed by atoms with van der Waals surface area (Å²) in [6.07, 6.45) is 8.92. The zero-order valence-corrected chi connectivity index (χ0v) is 19.0. The van der Waals surface area contributed by atoms with Gasteiger partial charge >= 0.3 is 0 Å². The van der Waals surface area contributed by atoms with Crippen LogP contribution in [0.5, 0.6) is 0 Å². The molecule has 34 heavy (non-hydrogen) atoms. The monoisotopic (exact) mass is 460 g/mol. The van der Waals surface area contributed by atoms with Gasteiger partial charge in [0.1, 0.15) is 17.2 Å². The molecule has 6 rings (SSSR count). The van der Waals surface area contributed by atoms with Crippen LogP contribution in [0.2, 0.25) is 0 Å². The highest BCUT2D eigenvalue weighted by Gasteiger charge is 2.41. The Morgan fingerprint density at radius 1 is 1.06 bits per heavy atom. The number of carbonyl (C=O) groups is 2. The van der Waals surface area contributed by atoms with Crippen LogP contribution in [0, 0.1) is 0 Å². The van der Waals surface area contributed by atoms with Crippen molar-refractivity contribution in [1.29, 1.82) is 0 Å². The van der Waals surface area contributed by atoms with Gasteiger partial charge in [0.15, 0.2) is 0 Å². The summed E-state index contributed by atoms with van der Waals surface area (Å²) in [5.41, 5.74) is 1.87. The van der Waals surface area contributed by atoms with E-state index in [1.165, 1.54) is 6.42 Å². The molecule has 0 aromatic carbocycles. The molecule has 1 saturated carbocycles. The average molecular weight is 461 g/mol. The lowest BCUT2D eigenvalue weighted by molar-refractivity contribution is 0.0735. The molecule has 3 N–H and O–H groups in total. The Hall–Kier alpha value is -3.53. The fraction of sp³-hybridized carbons (Fsp3) is 0.458. The van der Waals surface area contributed by atoms with E-state index < -0.39 is 0 Å². The summed E-state index contributed by atoms with van der Waals surface area (Å²) in [4.78, 5) is 40.8. The van der Waals surface area contributed by atoms with Gasteiger partial charge in [-0.3, -0.25) is 9.59 Å². The van der Waals surface area contributed by atoms with Crippen molar-refractivity contribution in [3.8, 4) is 0 Å². The molecule has 0 radical (unpaired) electrons. The number of hydrogen-bond acceptors (Lipinski definition) is 7. The van der Waals surface area contributed by atoms with Crippen LogP contribution in [0.25, 0.3) is 11.0 Å². The van der Waals surface area contributed by atoms with E-state index in [1.807, 2.05) is 11.0 Å². The summed E-state index contributed by atoms with van der Waals surface area (Å²) in [7, 11) is 0. The second-order valence-corrected chi connectivity index (χ2v) is 9.40. The van der Waals surface area contributed by atoms with Crippen molar-refractivity contribution in [2.24, 2.45) is 0 Å². The predicted molar refractivity (Wildman–Crippen MR) is 127 cm³/mol. The number of carbonyl (C=O) groups excluding carboxylic acids is 2. The molecule has 1 saturated heterocycles. The molecule has 5 heterocycles. The molecule has 3 aromatic rings. The highest BCUT2D eigenvalue weighted by atomic mass is 16.2. The number of aromatic nitrogens is 4. The first-order valence-corrected chi connectivity index (χ1v) is 12.0. The van der Waals surface area contributed by atoms with Gasteiger partial charge in [-0.05, 0) is 31.0 Å². The van der Waals surface area contributed by atoms with Crippen LogP contribution in [-0.4, -0.2) is 69.0 Å². The lowest BCUT2D eigenvalue weighted by atomic mass is 9.80. The number of rotatable bonds is 3. The quantitative estimate of drug-likeness (QED) is 0.547. The Balaban J connectivity index is 1.28. The third-order valence-corrected chi connectivity index (χ3v) is 7.26. The summed E-state index contributed by atoms with van der Waals surface area (Å²) in [5.74, 6) is 0.912. The second kappa shape index (κ2) is 8.35. The summed E-state index contributed by atoms with van der Waals surface area (Å²) in [6, 6.07) is 5.43. The minimum Gasteiger partial charge on any atom is -0.348 e.